The van der Waals surface area contributed by atoms with E-state index in [1.165, 1.54) is 12.0 Å². The molecule has 1 amide bonds. The Morgan fingerprint density at radius 2 is 2.30 bits per heavy atom. The van der Waals surface area contributed by atoms with Crippen LogP contribution in [0.1, 0.15) is 35.4 Å². The Morgan fingerprint density at radius 3 is 3.00 bits per heavy atom. The number of aryl methyl sites for hydroxylation is 2. The number of nitrogens with zero attached hydrogens (tertiary/aromatic N) is 3. The maximum atomic E-state index is 12.6. The number of piperidine rings is 1. The molecule has 0 radical (unpaired) electrons. The lowest BCUT2D eigenvalue weighted by molar-refractivity contribution is -0.132. The van der Waals surface area contributed by atoms with E-state index in [0.717, 1.165) is 42.9 Å². The monoisotopic (exact) mass is 313 g/mol. The largest absolute Gasteiger partial charge is 0.361 e. The van der Waals surface area contributed by atoms with Crippen LogP contribution >= 0.6 is 0 Å². The molecule has 0 aromatic carbocycles. The third-order valence-corrected chi connectivity index (χ3v) is 4.63. The van der Waals surface area contributed by atoms with Crippen LogP contribution in [0.15, 0.2) is 29.0 Å². The SMILES string of the molecule is Cc1noc(C)c1CC(=O)N1CCC[C@@H](Cc2cccnc2)C1. The van der Waals surface area contributed by atoms with Gasteiger partial charge in [0, 0.05) is 31.0 Å². The summed E-state index contributed by atoms with van der Waals surface area (Å²) in [5.74, 6) is 1.44. The Hall–Kier alpha value is -2.17. The lowest BCUT2D eigenvalue weighted by Crippen LogP contribution is -2.41. The van der Waals surface area contributed by atoms with Gasteiger partial charge in [0.1, 0.15) is 5.76 Å². The van der Waals surface area contributed by atoms with Gasteiger partial charge in [0.25, 0.3) is 0 Å². The maximum Gasteiger partial charge on any atom is 0.227 e. The van der Waals surface area contributed by atoms with Crippen molar-refractivity contribution in [3.8, 4) is 0 Å². The molecule has 3 heterocycles. The second kappa shape index (κ2) is 6.94. The highest BCUT2D eigenvalue weighted by atomic mass is 16.5. The second-order valence-electron chi connectivity index (χ2n) is 6.39. The number of hydrogen-bond donors (Lipinski definition) is 0. The minimum absolute atomic E-state index is 0.176. The molecule has 2 aromatic rings. The van der Waals surface area contributed by atoms with Crippen molar-refractivity contribution >= 4 is 5.91 Å². The highest BCUT2D eigenvalue weighted by Gasteiger charge is 2.25. The summed E-state index contributed by atoms with van der Waals surface area (Å²) >= 11 is 0. The standard InChI is InChI=1S/C18H23N3O2/c1-13-17(14(2)23-20-13)10-18(22)21-8-4-6-16(12-21)9-15-5-3-7-19-11-15/h3,5,7,11,16H,4,6,8-10,12H2,1-2H3/t16-/m0/s1. The van der Waals surface area contributed by atoms with Crippen LogP contribution in [-0.4, -0.2) is 34.0 Å². The molecule has 5 nitrogen and oxygen atoms in total. The van der Waals surface area contributed by atoms with Gasteiger partial charge >= 0.3 is 0 Å². The molecule has 1 aliphatic heterocycles. The summed E-state index contributed by atoms with van der Waals surface area (Å²) < 4.78 is 5.16. The van der Waals surface area contributed by atoms with E-state index in [4.69, 9.17) is 4.52 Å². The van der Waals surface area contributed by atoms with E-state index in [2.05, 4.69) is 16.2 Å². The van der Waals surface area contributed by atoms with Crippen LogP contribution < -0.4 is 0 Å². The molecule has 2 aromatic heterocycles. The molecule has 0 N–H and O–H groups in total. The van der Waals surface area contributed by atoms with Gasteiger partial charge in [-0.3, -0.25) is 9.78 Å². The van der Waals surface area contributed by atoms with Crippen molar-refractivity contribution in [3.05, 3.63) is 47.1 Å². The summed E-state index contributed by atoms with van der Waals surface area (Å²) in [6.07, 6.45) is 7.33. The van der Waals surface area contributed by atoms with E-state index in [-0.39, 0.29) is 5.91 Å². The fourth-order valence-electron chi connectivity index (χ4n) is 3.33. The molecule has 0 aliphatic carbocycles. The third kappa shape index (κ3) is 3.78. The van der Waals surface area contributed by atoms with Crippen LogP contribution in [-0.2, 0) is 17.6 Å². The van der Waals surface area contributed by atoms with E-state index >= 15 is 0 Å². The topological polar surface area (TPSA) is 59.2 Å². The van der Waals surface area contributed by atoms with Gasteiger partial charge in [-0.25, -0.2) is 0 Å². The molecule has 23 heavy (non-hydrogen) atoms. The first-order chi connectivity index (χ1) is 11.1. The Labute approximate surface area is 136 Å². The van der Waals surface area contributed by atoms with Gasteiger partial charge in [0.05, 0.1) is 12.1 Å². The number of carbonyl (C=O) groups excluding carboxylic acids is 1. The lowest BCUT2D eigenvalue weighted by atomic mass is 9.91. The number of hydrogen-bond acceptors (Lipinski definition) is 4. The molecule has 0 saturated carbocycles. The molecule has 0 unspecified atom stereocenters. The van der Waals surface area contributed by atoms with Crippen LogP contribution in [0.5, 0.6) is 0 Å². The van der Waals surface area contributed by atoms with Crippen LogP contribution in [0, 0.1) is 19.8 Å². The fraction of sp³-hybridized carbons (Fsp3) is 0.500. The molecule has 0 spiro atoms. The molecule has 1 aliphatic rings. The summed E-state index contributed by atoms with van der Waals surface area (Å²) in [7, 11) is 0. The predicted octanol–water partition coefficient (Wildman–Crippen LogP) is 2.71. The molecule has 3 rings (SSSR count). The number of pyridine rings is 1. The quantitative estimate of drug-likeness (QED) is 0.871. The zero-order valence-electron chi connectivity index (χ0n) is 13.8. The van der Waals surface area contributed by atoms with E-state index in [0.29, 0.717) is 12.3 Å². The van der Waals surface area contributed by atoms with E-state index in [1.54, 1.807) is 6.20 Å². The van der Waals surface area contributed by atoms with Gasteiger partial charge in [-0.05, 0) is 50.7 Å². The zero-order valence-corrected chi connectivity index (χ0v) is 13.8. The van der Waals surface area contributed by atoms with Gasteiger partial charge in [-0.15, -0.1) is 0 Å². The Morgan fingerprint density at radius 1 is 1.43 bits per heavy atom. The Bertz CT molecular complexity index is 647. The smallest absolute Gasteiger partial charge is 0.227 e. The van der Waals surface area contributed by atoms with Crippen molar-refractivity contribution in [3.63, 3.8) is 0 Å². The molecule has 122 valence electrons. The third-order valence-electron chi connectivity index (χ3n) is 4.63. The van der Waals surface area contributed by atoms with Gasteiger partial charge in [0.15, 0.2) is 0 Å². The summed E-state index contributed by atoms with van der Waals surface area (Å²) in [5, 5.41) is 3.93. The number of amides is 1. The number of likely N-dealkylation sites (tertiary alicyclic amines) is 1. The highest BCUT2D eigenvalue weighted by molar-refractivity contribution is 5.79. The summed E-state index contributed by atoms with van der Waals surface area (Å²) in [6, 6.07) is 4.08. The number of rotatable bonds is 4. The predicted molar refractivity (Wildman–Crippen MR) is 86.9 cm³/mol. The summed E-state index contributed by atoms with van der Waals surface area (Å²) in [6.45, 7) is 5.44. The maximum absolute atomic E-state index is 12.6. The summed E-state index contributed by atoms with van der Waals surface area (Å²) in [4.78, 5) is 18.8. The minimum atomic E-state index is 0.176. The van der Waals surface area contributed by atoms with E-state index in [9.17, 15) is 4.79 Å². The first-order valence-electron chi connectivity index (χ1n) is 8.22. The fourth-order valence-corrected chi connectivity index (χ4v) is 3.33. The average Bonchev–Trinajstić information content (AvgIpc) is 2.88. The van der Waals surface area contributed by atoms with Gasteiger partial charge < -0.3 is 9.42 Å². The first kappa shape index (κ1) is 15.7. The Kier molecular flexibility index (Phi) is 4.74. The lowest BCUT2D eigenvalue weighted by Gasteiger charge is -2.33. The first-order valence-corrected chi connectivity index (χ1v) is 8.22. The van der Waals surface area contributed by atoms with E-state index < -0.39 is 0 Å². The van der Waals surface area contributed by atoms with Crippen LogP contribution in [0.3, 0.4) is 0 Å². The molecular formula is C18H23N3O2. The zero-order chi connectivity index (χ0) is 16.2. The van der Waals surface area contributed by atoms with Gasteiger partial charge in [-0.1, -0.05) is 11.2 Å². The van der Waals surface area contributed by atoms with Gasteiger partial charge in [0.2, 0.25) is 5.91 Å². The highest BCUT2D eigenvalue weighted by Crippen LogP contribution is 2.22. The molecule has 1 saturated heterocycles. The van der Waals surface area contributed by atoms with Crippen molar-refractivity contribution in [2.24, 2.45) is 5.92 Å². The van der Waals surface area contributed by atoms with Crippen molar-refractivity contribution in [1.82, 2.24) is 15.0 Å². The minimum Gasteiger partial charge on any atom is -0.361 e. The van der Waals surface area contributed by atoms with Crippen molar-refractivity contribution in [2.45, 2.75) is 39.5 Å². The van der Waals surface area contributed by atoms with Gasteiger partial charge in [-0.2, -0.15) is 0 Å². The van der Waals surface area contributed by atoms with E-state index in [1.807, 2.05) is 31.0 Å². The Balaban J connectivity index is 1.61. The van der Waals surface area contributed by atoms with Crippen molar-refractivity contribution in [1.29, 1.82) is 0 Å². The van der Waals surface area contributed by atoms with Crippen molar-refractivity contribution < 1.29 is 9.32 Å². The number of carbonyl (C=O) groups is 1. The normalized spacial score (nSPS) is 18.2. The number of aromatic nitrogens is 2. The molecular weight excluding hydrogens is 290 g/mol. The molecule has 1 atom stereocenters. The van der Waals surface area contributed by atoms with Crippen molar-refractivity contribution in [2.75, 3.05) is 13.1 Å². The molecule has 0 bridgehead atoms. The van der Waals surface area contributed by atoms with Crippen LogP contribution in [0.2, 0.25) is 0 Å². The molecule has 5 heteroatoms. The average molecular weight is 313 g/mol. The van der Waals surface area contributed by atoms with Crippen LogP contribution in [0.4, 0.5) is 0 Å². The van der Waals surface area contributed by atoms with Crippen LogP contribution in [0.25, 0.3) is 0 Å². The second-order valence-corrected chi connectivity index (χ2v) is 6.39. The molecule has 1 fully saturated rings. The summed E-state index contributed by atoms with van der Waals surface area (Å²) in [5.41, 5.74) is 3.00.